The van der Waals surface area contributed by atoms with Gasteiger partial charge in [0.15, 0.2) is 0 Å². The number of rotatable bonds is 2. The summed E-state index contributed by atoms with van der Waals surface area (Å²) in [7, 11) is 0. The second-order valence-corrected chi connectivity index (χ2v) is 3.48. The molecule has 1 saturated heterocycles. The van der Waals surface area contributed by atoms with E-state index >= 15 is 0 Å². The van der Waals surface area contributed by atoms with E-state index in [1.165, 1.54) is 0 Å². The zero-order valence-corrected chi connectivity index (χ0v) is 11.7. The predicted molar refractivity (Wildman–Crippen MR) is 41.1 cm³/mol. The Morgan fingerprint density at radius 3 is 2.33 bits per heavy atom. The van der Waals surface area contributed by atoms with E-state index in [0.717, 1.165) is 0 Å². The fourth-order valence-electron chi connectivity index (χ4n) is 2.14. The van der Waals surface area contributed by atoms with Crippen molar-refractivity contribution in [2.75, 3.05) is 0 Å². The van der Waals surface area contributed by atoms with Gasteiger partial charge >= 0.3 is 43.1 Å². The van der Waals surface area contributed by atoms with Crippen LogP contribution in [0.1, 0.15) is 6.42 Å². The fourth-order valence-corrected chi connectivity index (χ4v) is 2.14. The molecule has 2 rings (SSSR count). The Balaban J connectivity index is 0.00000112. The van der Waals surface area contributed by atoms with Gasteiger partial charge in [-0.2, -0.15) is 5.92 Å². The maximum absolute atomic E-state index is 11.1. The molecule has 0 spiro atoms. The third kappa shape index (κ3) is 1.81. The van der Waals surface area contributed by atoms with Crippen molar-refractivity contribution in [2.45, 2.75) is 6.42 Å². The molecule has 15 heavy (non-hydrogen) atoms. The first-order valence-electron chi connectivity index (χ1n) is 4.20. The number of carbonyl (C=O) groups is 2. The van der Waals surface area contributed by atoms with Gasteiger partial charge in [0.05, 0.1) is 5.92 Å². The molecule has 6 heteroatoms. The molecule has 1 saturated carbocycles. The van der Waals surface area contributed by atoms with Crippen molar-refractivity contribution in [1.29, 1.82) is 0 Å². The van der Waals surface area contributed by atoms with Crippen molar-refractivity contribution in [3.05, 3.63) is 0 Å². The maximum atomic E-state index is 11.1. The van der Waals surface area contributed by atoms with Crippen LogP contribution in [0, 0.1) is 54.8 Å². The molecule has 4 atom stereocenters. The molecule has 0 radical (unpaired) electrons. The van der Waals surface area contributed by atoms with Crippen LogP contribution in [0.2, 0.25) is 0 Å². The van der Waals surface area contributed by atoms with Crippen LogP contribution in [-0.4, -0.2) is 24.5 Å². The Kier molecular flexibility index (Phi) is 3.85. The van der Waals surface area contributed by atoms with E-state index in [0.29, 0.717) is 0 Å². The van der Waals surface area contributed by atoms with Crippen molar-refractivity contribution >= 4 is 24.5 Å². The molecular formula is C9H6O5U. The first kappa shape index (κ1) is 12.6. The summed E-state index contributed by atoms with van der Waals surface area (Å²) in [6, 6.07) is 0. The van der Waals surface area contributed by atoms with Gasteiger partial charge in [0.25, 0.3) is 0 Å². The van der Waals surface area contributed by atoms with E-state index in [-0.39, 0.29) is 37.5 Å². The average Bonchev–Trinajstić information content (AvgIpc) is 2.66. The third-order valence-electron chi connectivity index (χ3n) is 2.83. The Hall–Kier alpha value is -0.468. The van der Waals surface area contributed by atoms with E-state index in [2.05, 4.69) is 4.74 Å². The van der Waals surface area contributed by atoms with Crippen LogP contribution in [0.3, 0.4) is 0 Å². The summed E-state index contributed by atoms with van der Waals surface area (Å²) >= 11 is 0. The van der Waals surface area contributed by atoms with Crippen LogP contribution in [-0.2, 0) is 23.9 Å². The molecule has 76 valence electrons. The van der Waals surface area contributed by atoms with E-state index in [4.69, 9.17) is 0 Å². The second-order valence-electron chi connectivity index (χ2n) is 3.48. The quantitative estimate of drug-likeness (QED) is 0.323. The molecule has 0 amide bonds. The van der Waals surface area contributed by atoms with Crippen molar-refractivity contribution < 1.29 is 55.0 Å². The summed E-state index contributed by atoms with van der Waals surface area (Å²) in [5, 5.41) is 0. The normalized spacial score (nSPS) is 37.9. The minimum Gasteiger partial charge on any atom is -0.542 e. The maximum Gasteiger partial charge on any atom is 2.00 e. The van der Waals surface area contributed by atoms with Crippen LogP contribution < -0.4 is 0 Å². The standard InChI is InChI=1S/C9H6O5.U/c10-2-4-1-5-7(6(4)3-11)9(13)14-8(5)12;/h4-7H,1H2;/q-2;+2. The summed E-state index contributed by atoms with van der Waals surface area (Å²) in [4.78, 5) is 43.2. The zero-order valence-electron chi connectivity index (χ0n) is 7.56. The first-order chi connectivity index (χ1) is 6.69. The molecule has 2 aliphatic rings. The molecule has 1 aliphatic heterocycles. The molecule has 5 nitrogen and oxygen atoms in total. The fraction of sp³-hybridized carbons (Fsp3) is 0.556. The van der Waals surface area contributed by atoms with Gasteiger partial charge in [-0.25, -0.2) is 0 Å². The van der Waals surface area contributed by atoms with Crippen LogP contribution in [0.25, 0.3) is 0 Å². The smallest absolute Gasteiger partial charge is 0.542 e. The van der Waals surface area contributed by atoms with E-state index in [1.54, 1.807) is 12.6 Å². The minimum atomic E-state index is -0.864. The van der Waals surface area contributed by atoms with Crippen molar-refractivity contribution in [1.82, 2.24) is 0 Å². The van der Waals surface area contributed by atoms with Crippen LogP contribution in [0.4, 0.5) is 0 Å². The summed E-state index contributed by atoms with van der Waals surface area (Å²) in [6.07, 6.45) is 3.45. The number of carbonyl (C=O) groups excluding carboxylic acids is 4. The van der Waals surface area contributed by atoms with Gasteiger partial charge in [-0.05, 0) is 0 Å². The Labute approximate surface area is 109 Å². The molecule has 2 fully saturated rings. The van der Waals surface area contributed by atoms with E-state index < -0.39 is 35.6 Å². The zero-order chi connectivity index (χ0) is 10.3. The molecule has 0 bridgehead atoms. The van der Waals surface area contributed by atoms with Gasteiger partial charge in [0, 0.05) is 5.92 Å². The van der Waals surface area contributed by atoms with Gasteiger partial charge in [-0.1, -0.05) is 6.42 Å². The van der Waals surface area contributed by atoms with Gasteiger partial charge in [0.1, 0.15) is 0 Å². The van der Waals surface area contributed by atoms with Gasteiger partial charge in [-0.15, -0.1) is 5.92 Å². The van der Waals surface area contributed by atoms with Crippen LogP contribution >= 0.6 is 0 Å². The van der Waals surface area contributed by atoms with Gasteiger partial charge < -0.3 is 14.3 Å². The number of hydrogen-bond donors (Lipinski definition) is 0. The SMILES string of the molecule is O=[C-]C1CC2C(=O)OC(=O)C2C1[C-]=O.[U+2]. The molecule has 4 unspecified atom stereocenters. The van der Waals surface area contributed by atoms with Crippen LogP contribution in [0.5, 0.6) is 0 Å². The number of ether oxygens (including phenoxy) is 1. The minimum absolute atomic E-state index is 0. The molecule has 0 aromatic heterocycles. The molecule has 0 aromatic carbocycles. The average molecular weight is 432 g/mol. The Morgan fingerprint density at radius 1 is 1.13 bits per heavy atom. The van der Waals surface area contributed by atoms with Crippen molar-refractivity contribution in [3.63, 3.8) is 0 Å². The molecule has 0 aromatic rings. The number of esters is 2. The summed E-state index contributed by atoms with van der Waals surface area (Å²) < 4.78 is 4.37. The molecule has 1 heterocycles. The van der Waals surface area contributed by atoms with Crippen molar-refractivity contribution in [3.8, 4) is 0 Å². The number of hydrogen-bond acceptors (Lipinski definition) is 5. The number of cyclic esters (lactones) is 2. The largest absolute Gasteiger partial charge is 2.00 e. The Morgan fingerprint density at radius 2 is 1.80 bits per heavy atom. The monoisotopic (exact) mass is 432 g/mol. The topological polar surface area (TPSA) is 77.5 Å². The van der Waals surface area contributed by atoms with Crippen molar-refractivity contribution in [2.24, 2.45) is 23.7 Å². The Bertz CT molecular complexity index is 326. The molecule has 1 aliphatic carbocycles. The molecular weight excluding hydrogens is 426 g/mol. The van der Waals surface area contributed by atoms with Gasteiger partial charge in [0.2, 0.25) is 0 Å². The first-order valence-corrected chi connectivity index (χ1v) is 4.20. The van der Waals surface area contributed by atoms with E-state index in [1.807, 2.05) is 0 Å². The van der Waals surface area contributed by atoms with Gasteiger partial charge in [-0.3, -0.25) is 22.2 Å². The van der Waals surface area contributed by atoms with E-state index in [9.17, 15) is 19.2 Å². The molecule has 0 N–H and O–H groups in total. The third-order valence-corrected chi connectivity index (χ3v) is 2.83. The predicted octanol–water partition coefficient (Wildman–Crippen LogP) is -0.842. The summed E-state index contributed by atoms with van der Waals surface area (Å²) in [6.45, 7) is 0. The number of fused-ring (bicyclic) bond motifs is 1. The second kappa shape index (κ2) is 4.58. The summed E-state index contributed by atoms with van der Waals surface area (Å²) in [5.41, 5.74) is 0. The summed E-state index contributed by atoms with van der Waals surface area (Å²) in [5.74, 6) is -4.38. The van der Waals surface area contributed by atoms with Crippen LogP contribution in [0.15, 0.2) is 0 Å².